The maximum absolute atomic E-state index is 4.27. The second-order valence-electron chi connectivity index (χ2n) is 5.57. The molecular weight excluding hydrogens is 236 g/mol. The molecule has 104 valence electrons. The molecule has 0 spiro atoms. The van der Waals surface area contributed by atoms with Crippen molar-refractivity contribution in [3.8, 4) is 0 Å². The monoisotopic (exact) mass is 260 g/mol. The fourth-order valence-electron chi connectivity index (χ4n) is 3.25. The summed E-state index contributed by atoms with van der Waals surface area (Å²) in [4.78, 5) is 9.48. The number of piperazine rings is 1. The van der Waals surface area contributed by atoms with Gasteiger partial charge in [-0.2, -0.15) is 0 Å². The Hall–Kier alpha value is -0.970. The van der Waals surface area contributed by atoms with Gasteiger partial charge in [0.15, 0.2) is 0 Å². The van der Waals surface area contributed by atoms with Crippen molar-refractivity contribution >= 4 is 0 Å². The Bertz CT molecular complexity index is 375. The molecule has 2 aliphatic rings. The highest BCUT2D eigenvalue weighted by Gasteiger charge is 2.26. The van der Waals surface area contributed by atoms with E-state index < -0.39 is 0 Å². The molecule has 0 saturated carbocycles. The highest BCUT2D eigenvalue weighted by atomic mass is 15.2. The molecule has 2 fully saturated rings. The van der Waals surface area contributed by atoms with Crippen LogP contribution < -0.4 is 5.32 Å². The Balaban J connectivity index is 1.54. The number of nitrogens with zero attached hydrogens (tertiary/aromatic N) is 3. The van der Waals surface area contributed by atoms with Crippen molar-refractivity contribution in [1.29, 1.82) is 0 Å². The molecule has 2 saturated heterocycles. The first-order valence-electron chi connectivity index (χ1n) is 7.50. The molecule has 1 aromatic heterocycles. The number of aromatic nitrogens is 1. The predicted octanol–water partition coefficient (Wildman–Crippen LogP) is 1.12. The third-order valence-corrected chi connectivity index (χ3v) is 4.35. The van der Waals surface area contributed by atoms with Gasteiger partial charge in [-0.25, -0.2) is 0 Å². The van der Waals surface area contributed by atoms with E-state index >= 15 is 0 Å². The van der Waals surface area contributed by atoms with E-state index in [0.29, 0.717) is 6.04 Å². The van der Waals surface area contributed by atoms with Crippen LogP contribution in [-0.2, 0) is 0 Å². The first-order valence-corrected chi connectivity index (χ1v) is 7.50. The summed E-state index contributed by atoms with van der Waals surface area (Å²) in [6, 6.07) is 4.87. The van der Waals surface area contributed by atoms with Crippen molar-refractivity contribution in [2.24, 2.45) is 0 Å². The highest BCUT2D eigenvalue weighted by molar-refractivity contribution is 5.15. The fourth-order valence-corrected chi connectivity index (χ4v) is 3.25. The van der Waals surface area contributed by atoms with E-state index in [4.69, 9.17) is 0 Å². The minimum atomic E-state index is 0.594. The van der Waals surface area contributed by atoms with Gasteiger partial charge in [-0.15, -0.1) is 0 Å². The molecule has 2 aliphatic heterocycles. The average Bonchev–Trinajstić information content (AvgIpc) is 2.95. The Labute approximate surface area is 115 Å². The zero-order valence-corrected chi connectivity index (χ0v) is 11.6. The van der Waals surface area contributed by atoms with Crippen LogP contribution in [0.4, 0.5) is 0 Å². The smallest absolute Gasteiger partial charge is 0.0364 e. The lowest BCUT2D eigenvalue weighted by Gasteiger charge is -2.31. The number of rotatable bonds is 4. The molecule has 4 heteroatoms. The van der Waals surface area contributed by atoms with Gasteiger partial charge >= 0.3 is 0 Å². The van der Waals surface area contributed by atoms with Crippen molar-refractivity contribution in [2.75, 3.05) is 45.8 Å². The zero-order chi connectivity index (χ0) is 12.9. The van der Waals surface area contributed by atoms with Gasteiger partial charge in [0.05, 0.1) is 0 Å². The normalized spacial score (nSPS) is 25.8. The second kappa shape index (κ2) is 6.46. The van der Waals surface area contributed by atoms with Crippen LogP contribution in [0, 0.1) is 0 Å². The third kappa shape index (κ3) is 3.32. The van der Waals surface area contributed by atoms with Gasteiger partial charge in [0.25, 0.3) is 0 Å². The molecule has 1 atom stereocenters. The summed E-state index contributed by atoms with van der Waals surface area (Å²) >= 11 is 0. The van der Waals surface area contributed by atoms with Crippen molar-refractivity contribution in [2.45, 2.75) is 18.9 Å². The third-order valence-electron chi connectivity index (χ3n) is 4.35. The molecule has 0 bridgehead atoms. The maximum Gasteiger partial charge on any atom is 0.0364 e. The molecule has 1 unspecified atom stereocenters. The second-order valence-corrected chi connectivity index (χ2v) is 5.57. The summed E-state index contributed by atoms with van der Waals surface area (Å²) in [6.45, 7) is 8.33. The van der Waals surface area contributed by atoms with E-state index in [-0.39, 0.29) is 0 Å². The number of hydrogen-bond acceptors (Lipinski definition) is 4. The molecule has 4 nitrogen and oxygen atoms in total. The molecule has 1 N–H and O–H groups in total. The molecule has 0 amide bonds. The fraction of sp³-hybridized carbons (Fsp3) is 0.667. The van der Waals surface area contributed by atoms with Crippen LogP contribution in [0.25, 0.3) is 0 Å². The maximum atomic E-state index is 4.27. The lowest BCUT2D eigenvalue weighted by Crippen LogP contribution is -2.46. The standard InChI is InChI=1S/C15H24N4/c1-3-14(13-17-5-1)15-4-2-8-19(15)12-11-18-9-6-16-7-10-18/h1,3,5,13,15-16H,2,4,6-12H2. The largest absolute Gasteiger partial charge is 0.314 e. The Kier molecular flexibility index (Phi) is 4.43. The first kappa shape index (κ1) is 13.0. The minimum Gasteiger partial charge on any atom is -0.314 e. The van der Waals surface area contributed by atoms with Crippen LogP contribution >= 0.6 is 0 Å². The van der Waals surface area contributed by atoms with Gasteiger partial charge in [-0.3, -0.25) is 14.8 Å². The van der Waals surface area contributed by atoms with E-state index in [2.05, 4.69) is 32.2 Å². The van der Waals surface area contributed by atoms with Crippen molar-refractivity contribution in [3.05, 3.63) is 30.1 Å². The summed E-state index contributed by atoms with van der Waals surface area (Å²) in [5.41, 5.74) is 1.39. The van der Waals surface area contributed by atoms with Crippen LogP contribution in [-0.4, -0.2) is 60.6 Å². The van der Waals surface area contributed by atoms with Crippen LogP contribution in [0.3, 0.4) is 0 Å². The van der Waals surface area contributed by atoms with Gasteiger partial charge in [-0.05, 0) is 31.0 Å². The Morgan fingerprint density at radius 3 is 2.89 bits per heavy atom. The topological polar surface area (TPSA) is 31.4 Å². The number of nitrogens with one attached hydrogen (secondary N) is 1. The number of hydrogen-bond donors (Lipinski definition) is 1. The zero-order valence-electron chi connectivity index (χ0n) is 11.6. The SMILES string of the molecule is c1cncc(C2CCCN2CCN2CCNCC2)c1. The van der Waals surface area contributed by atoms with Crippen molar-refractivity contribution in [1.82, 2.24) is 20.1 Å². The van der Waals surface area contributed by atoms with E-state index in [1.165, 1.54) is 51.1 Å². The van der Waals surface area contributed by atoms with Crippen LogP contribution in [0.15, 0.2) is 24.5 Å². The molecule has 3 heterocycles. The van der Waals surface area contributed by atoms with Gasteiger partial charge < -0.3 is 5.32 Å². The molecule has 3 rings (SSSR count). The summed E-state index contributed by atoms with van der Waals surface area (Å²) in [5, 5.41) is 3.41. The van der Waals surface area contributed by atoms with Crippen molar-refractivity contribution < 1.29 is 0 Å². The molecule has 0 radical (unpaired) electrons. The van der Waals surface area contributed by atoms with Crippen LogP contribution in [0.1, 0.15) is 24.4 Å². The molecule has 1 aromatic rings. The summed E-state index contributed by atoms with van der Waals surface area (Å²) in [5.74, 6) is 0. The van der Waals surface area contributed by atoms with E-state index in [0.717, 1.165) is 13.1 Å². The quantitative estimate of drug-likeness (QED) is 0.879. The van der Waals surface area contributed by atoms with Gasteiger partial charge in [0.2, 0.25) is 0 Å². The minimum absolute atomic E-state index is 0.594. The lowest BCUT2D eigenvalue weighted by molar-refractivity contribution is 0.180. The molecular formula is C15H24N4. The van der Waals surface area contributed by atoms with Gasteiger partial charge in [-0.1, -0.05) is 6.07 Å². The lowest BCUT2D eigenvalue weighted by atomic mass is 10.1. The molecule has 19 heavy (non-hydrogen) atoms. The van der Waals surface area contributed by atoms with Crippen LogP contribution in [0.5, 0.6) is 0 Å². The number of likely N-dealkylation sites (tertiary alicyclic amines) is 1. The van der Waals surface area contributed by atoms with E-state index in [1.54, 1.807) is 0 Å². The average molecular weight is 260 g/mol. The summed E-state index contributed by atoms with van der Waals surface area (Å²) < 4.78 is 0. The molecule has 0 aromatic carbocycles. The van der Waals surface area contributed by atoms with E-state index in [1.807, 2.05) is 12.4 Å². The van der Waals surface area contributed by atoms with Gasteiger partial charge in [0, 0.05) is 57.7 Å². The Morgan fingerprint density at radius 2 is 2.11 bits per heavy atom. The first-order chi connectivity index (χ1) is 9.43. The molecule has 0 aliphatic carbocycles. The van der Waals surface area contributed by atoms with E-state index in [9.17, 15) is 0 Å². The highest BCUT2D eigenvalue weighted by Crippen LogP contribution is 2.30. The Morgan fingerprint density at radius 1 is 1.21 bits per heavy atom. The van der Waals surface area contributed by atoms with Crippen LogP contribution in [0.2, 0.25) is 0 Å². The predicted molar refractivity (Wildman–Crippen MR) is 77.1 cm³/mol. The van der Waals surface area contributed by atoms with Crippen molar-refractivity contribution in [3.63, 3.8) is 0 Å². The summed E-state index contributed by atoms with van der Waals surface area (Å²) in [6.07, 6.45) is 6.51. The number of pyridine rings is 1. The van der Waals surface area contributed by atoms with Gasteiger partial charge in [0.1, 0.15) is 0 Å². The summed E-state index contributed by atoms with van der Waals surface area (Å²) in [7, 11) is 0.